The Bertz CT molecular complexity index is 594. The number of hydrogen-bond donors (Lipinski definition) is 2. The number of unbranched alkanes of at least 4 members (excludes halogenated alkanes) is 5. The molecular weight excluding hydrogens is 428 g/mol. The Balaban J connectivity index is 1.51. The van der Waals surface area contributed by atoms with Crippen LogP contribution in [0.1, 0.15) is 132 Å². The molecule has 0 aliphatic carbocycles. The van der Waals surface area contributed by atoms with Gasteiger partial charge in [-0.1, -0.05) is 25.7 Å². The largest absolute Gasteiger partial charge is 0.462 e. The average molecular weight is 483 g/mol. The quantitative estimate of drug-likeness (QED) is 0.347. The van der Waals surface area contributed by atoms with E-state index in [2.05, 4.69) is 66.0 Å². The molecule has 34 heavy (non-hydrogen) atoms. The maximum absolute atomic E-state index is 12.3. The Kier molecular flexibility index (Phi) is 10.0. The van der Waals surface area contributed by atoms with Gasteiger partial charge in [0.15, 0.2) is 0 Å². The first-order valence-corrected chi connectivity index (χ1v) is 13.7. The van der Waals surface area contributed by atoms with Gasteiger partial charge in [0.2, 0.25) is 0 Å². The molecule has 6 nitrogen and oxygen atoms in total. The van der Waals surface area contributed by atoms with Crippen molar-refractivity contribution in [2.45, 2.75) is 167 Å². The highest BCUT2D eigenvalue weighted by Crippen LogP contribution is 2.26. The molecule has 0 aromatic carbocycles. The Hall–Kier alpha value is -1.14. The van der Waals surface area contributed by atoms with Crippen LogP contribution in [-0.4, -0.2) is 46.3 Å². The van der Waals surface area contributed by atoms with Crippen LogP contribution >= 0.6 is 0 Å². The van der Waals surface area contributed by atoms with Gasteiger partial charge in [-0.25, -0.2) is 0 Å². The average Bonchev–Trinajstić information content (AvgIpc) is 2.58. The lowest BCUT2D eigenvalue weighted by Gasteiger charge is -2.42. The highest BCUT2D eigenvalue weighted by Gasteiger charge is 2.44. The van der Waals surface area contributed by atoms with E-state index in [0.29, 0.717) is 12.8 Å². The molecule has 2 aliphatic rings. The molecule has 4 N–H and O–H groups in total. The summed E-state index contributed by atoms with van der Waals surface area (Å²) in [7, 11) is 0. The summed E-state index contributed by atoms with van der Waals surface area (Å²) in [6.07, 6.45) is 10.8. The molecule has 2 heterocycles. The third-order valence-corrected chi connectivity index (χ3v) is 7.19. The highest BCUT2D eigenvalue weighted by molar-refractivity contribution is 5.69. The van der Waals surface area contributed by atoms with Gasteiger partial charge >= 0.3 is 11.9 Å². The van der Waals surface area contributed by atoms with Crippen molar-refractivity contribution in [3.63, 3.8) is 0 Å². The Labute approximate surface area is 208 Å². The molecule has 2 fully saturated rings. The van der Waals surface area contributed by atoms with Crippen LogP contribution in [0.5, 0.6) is 0 Å². The number of rotatable bonds is 11. The van der Waals surface area contributed by atoms with Crippen molar-refractivity contribution in [2.75, 3.05) is 0 Å². The molecule has 0 amide bonds. The van der Waals surface area contributed by atoms with E-state index < -0.39 is 0 Å². The summed E-state index contributed by atoms with van der Waals surface area (Å²) in [4.78, 5) is 24.6. The van der Waals surface area contributed by atoms with E-state index >= 15 is 0 Å². The number of ether oxygens (including phenoxy) is 2. The maximum atomic E-state index is 12.3. The number of carbonyl (C=O) groups is 2. The van der Waals surface area contributed by atoms with Crippen molar-refractivity contribution in [2.24, 2.45) is 0 Å². The monoisotopic (exact) mass is 482 g/mol. The van der Waals surface area contributed by atoms with Crippen molar-refractivity contribution in [3.05, 3.63) is 0 Å². The van der Waals surface area contributed by atoms with Gasteiger partial charge in [0.25, 0.3) is 0 Å². The smallest absolute Gasteiger partial charge is 0.306 e. The SMILES string of the molecule is CC1(C)CC(OC(=O)CCCCCCCCC(=O)OC2CC(C)(C)[NH2+]C(C)(C)C2)CC(C)(C)[NH2+]1. The number of piperidine rings is 2. The molecule has 0 aromatic rings. The summed E-state index contributed by atoms with van der Waals surface area (Å²) in [5, 5.41) is 4.81. The first-order chi connectivity index (χ1) is 15.6. The van der Waals surface area contributed by atoms with Gasteiger partial charge in [0, 0.05) is 38.5 Å². The van der Waals surface area contributed by atoms with E-state index in [1.807, 2.05) is 0 Å². The van der Waals surface area contributed by atoms with E-state index in [0.717, 1.165) is 64.2 Å². The Morgan fingerprint density at radius 3 is 1.12 bits per heavy atom. The van der Waals surface area contributed by atoms with E-state index in [1.165, 1.54) is 0 Å². The van der Waals surface area contributed by atoms with Crippen LogP contribution < -0.4 is 10.6 Å². The summed E-state index contributed by atoms with van der Waals surface area (Å²) in [5.74, 6) is -0.0965. The number of esters is 2. The molecule has 2 aliphatic heterocycles. The standard InChI is InChI=1S/C28H52N2O4/c1-25(2)17-21(18-26(3,4)29-25)33-23(31)15-13-11-9-10-12-14-16-24(32)34-22-19-27(5,6)30-28(7,8)20-22/h21-22,29-30H,9-20H2,1-8H3/p+2. The predicted molar refractivity (Wildman–Crippen MR) is 135 cm³/mol. The van der Waals surface area contributed by atoms with E-state index in [1.54, 1.807) is 0 Å². The molecular formula is C28H54N2O4+2. The summed E-state index contributed by atoms with van der Waals surface area (Å²) >= 11 is 0. The van der Waals surface area contributed by atoms with Gasteiger partial charge in [0.1, 0.15) is 12.2 Å². The van der Waals surface area contributed by atoms with E-state index in [-0.39, 0.29) is 46.3 Å². The molecule has 198 valence electrons. The maximum Gasteiger partial charge on any atom is 0.306 e. The molecule has 6 heteroatoms. The first kappa shape index (κ1) is 29.1. The minimum atomic E-state index is -0.0482. The lowest BCUT2D eigenvalue weighted by atomic mass is 9.81. The molecule has 0 unspecified atom stereocenters. The third kappa shape index (κ3) is 11.1. The molecule has 2 saturated heterocycles. The van der Waals surface area contributed by atoms with Crippen molar-refractivity contribution >= 4 is 11.9 Å². The Morgan fingerprint density at radius 2 is 0.824 bits per heavy atom. The predicted octanol–water partition coefficient (Wildman–Crippen LogP) is 3.76. The second-order valence-corrected chi connectivity index (χ2v) is 13.9. The molecule has 0 bridgehead atoms. The summed E-state index contributed by atoms with van der Waals surface area (Å²) < 4.78 is 11.6. The summed E-state index contributed by atoms with van der Waals surface area (Å²) in [6, 6.07) is 0. The topological polar surface area (TPSA) is 85.8 Å². The normalized spacial score (nSPS) is 23.9. The first-order valence-electron chi connectivity index (χ1n) is 13.7. The molecule has 0 spiro atoms. The van der Waals surface area contributed by atoms with Crippen LogP contribution in [0.2, 0.25) is 0 Å². The minimum absolute atomic E-state index is 0.0335. The zero-order chi connectivity index (χ0) is 25.6. The number of quaternary nitrogens is 2. The molecule has 0 aromatic heterocycles. The zero-order valence-corrected chi connectivity index (χ0v) is 23.4. The van der Waals surface area contributed by atoms with Gasteiger partial charge in [0.05, 0.1) is 22.2 Å². The summed E-state index contributed by atoms with van der Waals surface area (Å²) in [5.41, 5.74) is 0.450. The van der Waals surface area contributed by atoms with Crippen LogP contribution in [0.3, 0.4) is 0 Å². The zero-order valence-electron chi connectivity index (χ0n) is 23.4. The third-order valence-electron chi connectivity index (χ3n) is 7.19. The van der Waals surface area contributed by atoms with Crippen LogP contribution in [0.4, 0.5) is 0 Å². The minimum Gasteiger partial charge on any atom is -0.462 e. The van der Waals surface area contributed by atoms with Gasteiger partial charge in [-0.15, -0.1) is 0 Å². The molecule has 2 rings (SSSR count). The lowest BCUT2D eigenvalue weighted by molar-refractivity contribution is -0.790. The van der Waals surface area contributed by atoms with E-state index in [4.69, 9.17) is 9.47 Å². The van der Waals surface area contributed by atoms with Gasteiger partial charge in [-0.3, -0.25) is 9.59 Å². The number of nitrogens with two attached hydrogens (primary N) is 2. The van der Waals surface area contributed by atoms with Crippen LogP contribution in [0.15, 0.2) is 0 Å². The van der Waals surface area contributed by atoms with Crippen LogP contribution in [0, 0.1) is 0 Å². The highest BCUT2D eigenvalue weighted by atomic mass is 16.5. The van der Waals surface area contributed by atoms with E-state index in [9.17, 15) is 9.59 Å². The lowest BCUT2D eigenvalue weighted by Crippen LogP contribution is -3.06. The van der Waals surface area contributed by atoms with Crippen molar-refractivity contribution in [3.8, 4) is 0 Å². The number of carbonyl (C=O) groups excluding carboxylic acids is 2. The second-order valence-electron chi connectivity index (χ2n) is 13.9. The molecule has 0 radical (unpaired) electrons. The fourth-order valence-corrected chi connectivity index (χ4v) is 6.74. The van der Waals surface area contributed by atoms with Gasteiger partial charge < -0.3 is 20.1 Å². The fraction of sp³-hybridized carbons (Fsp3) is 0.929. The van der Waals surface area contributed by atoms with Crippen molar-refractivity contribution < 1.29 is 29.7 Å². The number of hydrogen-bond acceptors (Lipinski definition) is 4. The molecule has 0 atom stereocenters. The van der Waals surface area contributed by atoms with Gasteiger partial charge in [-0.2, -0.15) is 0 Å². The van der Waals surface area contributed by atoms with Crippen molar-refractivity contribution in [1.82, 2.24) is 0 Å². The molecule has 0 saturated carbocycles. The second kappa shape index (κ2) is 11.7. The van der Waals surface area contributed by atoms with Crippen molar-refractivity contribution in [1.29, 1.82) is 0 Å². The van der Waals surface area contributed by atoms with Crippen LogP contribution in [-0.2, 0) is 19.1 Å². The fourth-order valence-electron chi connectivity index (χ4n) is 6.74. The van der Waals surface area contributed by atoms with Gasteiger partial charge in [-0.05, 0) is 68.2 Å². The summed E-state index contributed by atoms with van der Waals surface area (Å²) in [6.45, 7) is 17.8. The van der Waals surface area contributed by atoms with Crippen LogP contribution in [0.25, 0.3) is 0 Å². The Morgan fingerprint density at radius 1 is 0.559 bits per heavy atom.